The highest BCUT2D eigenvalue weighted by atomic mass is 16.5. The molecule has 1 aromatic rings. The number of nitrogens with zero attached hydrogens (tertiary/aromatic N) is 1. The molecule has 0 bridgehead atoms. The zero-order chi connectivity index (χ0) is 8.97. The molecular formula is C9H9NO2. The second-order valence-corrected chi connectivity index (χ2v) is 2.23. The summed E-state index contributed by atoms with van der Waals surface area (Å²) in [4.78, 5) is 14.4. The summed E-state index contributed by atoms with van der Waals surface area (Å²) in [6, 6.07) is 3.40. The lowest BCUT2D eigenvalue weighted by Crippen LogP contribution is -2.02. The summed E-state index contributed by atoms with van der Waals surface area (Å²) in [7, 11) is 0. The number of esters is 1. The molecule has 0 aliphatic carbocycles. The van der Waals surface area contributed by atoms with Gasteiger partial charge in [0.05, 0.1) is 0 Å². The van der Waals surface area contributed by atoms with Crippen LogP contribution in [0.1, 0.15) is 12.5 Å². The fourth-order valence-corrected chi connectivity index (χ4v) is 0.720. The van der Waals surface area contributed by atoms with E-state index in [1.165, 1.54) is 6.92 Å². The highest BCUT2D eigenvalue weighted by Gasteiger charge is 1.97. The SMILES string of the molecule is C=Cc1ccc(OC(C)=O)nc1. The molecule has 62 valence electrons. The van der Waals surface area contributed by atoms with Gasteiger partial charge in [-0.25, -0.2) is 4.98 Å². The molecule has 0 aliphatic heterocycles. The standard InChI is InChI=1S/C9H9NO2/c1-3-8-4-5-9(10-6-8)12-7(2)11/h3-6H,1H2,2H3. The molecule has 0 unspecified atom stereocenters. The zero-order valence-corrected chi connectivity index (χ0v) is 6.78. The van der Waals surface area contributed by atoms with Crippen molar-refractivity contribution in [2.45, 2.75) is 6.92 Å². The Morgan fingerprint density at radius 2 is 2.42 bits per heavy atom. The van der Waals surface area contributed by atoms with Gasteiger partial charge in [0.25, 0.3) is 0 Å². The molecule has 0 atom stereocenters. The summed E-state index contributed by atoms with van der Waals surface area (Å²) in [6.07, 6.45) is 3.26. The van der Waals surface area contributed by atoms with Crippen molar-refractivity contribution < 1.29 is 9.53 Å². The molecule has 1 aromatic heterocycles. The van der Waals surface area contributed by atoms with Crippen LogP contribution in [0.2, 0.25) is 0 Å². The number of aromatic nitrogens is 1. The van der Waals surface area contributed by atoms with E-state index in [1.807, 2.05) is 0 Å². The summed E-state index contributed by atoms with van der Waals surface area (Å²) in [5.74, 6) is -0.0537. The van der Waals surface area contributed by atoms with Crippen molar-refractivity contribution in [1.82, 2.24) is 4.98 Å². The van der Waals surface area contributed by atoms with Gasteiger partial charge in [0.1, 0.15) is 0 Å². The van der Waals surface area contributed by atoms with Crippen LogP contribution in [0.3, 0.4) is 0 Å². The maximum Gasteiger partial charge on any atom is 0.309 e. The lowest BCUT2D eigenvalue weighted by atomic mass is 10.3. The third-order valence-electron chi connectivity index (χ3n) is 1.24. The average Bonchev–Trinajstić information content (AvgIpc) is 2.05. The molecule has 0 aliphatic rings. The normalized spacial score (nSPS) is 9.08. The Morgan fingerprint density at radius 1 is 1.67 bits per heavy atom. The molecule has 0 saturated heterocycles. The number of hydrogen-bond donors (Lipinski definition) is 0. The molecule has 0 N–H and O–H groups in total. The smallest absolute Gasteiger partial charge is 0.309 e. The van der Waals surface area contributed by atoms with E-state index >= 15 is 0 Å². The Bertz CT molecular complexity index is 290. The molecule has 1 rings (SSSR count). The molecule has 1 heterocycles. The monoisotopic (exact) mass is 163 g/mol. The first-order valence-corrected chi connectivity index (χ1v) is 3.49. The molecular weight excluding hydrogens is 154 g/mol. The number of carbonyl (C=O) groups excluding carboxylic acids is 1. The van der Waals surface area contributed by atoms with E-state index in [2.05, 4.69) is 11.6 Å². The predicted molar refractivity (Wildman–Crippen MR) is 45.6 cm³/mol. The molecule has 0 amide bonds. The first-order chi connectivity index (χ1) is 5.72. The van der Waals surface area contributed by atoms with E-state index in [9.17, 15) is 4.79 Å². The van der Waals surface area contributed by atoms with Crippen LogP contribution in [-0.4, -0.2) is 11.0 Å². The van der Waals surface area contributed by atoms with Gasteiger partial charge in [-0.2, -0.15) is 0 Å². The first kappa shape index (κ1) is 8.46. The van der Waals surface area contributed by atoms with Crippen molar-refractivity contribution in [3.8, 4) is 5.88 Å². The fourth-order valence-electron chi connectivity index (χ4n) is 0.720. The maximum absolute atomic E-state index is 10.5. The van der Waals surface area contributed by atoms with Gasteiger partial charge in [0.15, 0.2) is 0 Å². The van der Waals surface area contributed by atoms with Crippen molar-refractivity contribution in [2.24, 2.45) is 0 Å². The van der Waals surface area contributed by atoms with Gasteiger partial charge in [-0.3, -0.25) is 4.79 Å². The van der Waals surface area contributed by atoms with E-state index in [0.29, 0.717) is 5.88 Å². The highest BCUT2D eigenvalue weighted by molar-refractivity contribution is 5.68. The van der Waals surface area contributed by atoms with Crippen LogP contribution in [0.5, 0.6) is 5.88 Å². The molecule has 0 spiro atoms. The Hall–Kier alpha value is -1.64. The van der Waals surface area contributed by atoms with Crippen LogP contribution in [0.25, 0.3) is 6.08 Å². The van der Waals surface area contributed by atoms with Crippen LogP contribution in [0.15, 0.2) is 24.9 Å². The summed E-state index contributed by atoms with van der Waals surface area (Å²) in [6.45, 7) is 4.91. The predicted octanol–water partition coefficient (Wildman–Crippen LogP) is 1.65. The van der Waals surface area contributed by atoms with Crippen LogP contribution in [-0.2, 0) is 4.79 Å². The average molecular weight is 163 g/mol. The van der Waals surface area contributed by atoms with E-state index in [-0.39, 0.29) is 5.97 Å². The lowest BCUT2D eigenvalue weighted by Gasteiger charge is -1.98. The third-order valence-corrected chi connectivity index (χ3v) is 1.24. The van der Waals surface area contributed by atoms with Crippen LogP contribution in [0.4, 0.5) is 0 Å². The van der Waals surface area contributed by atoms with Gasteiger partial charge in [-0.1, -0.05) is 12.7 Å². The third kappa shape index (κ3) is 2.20. The first-order valence-electron chi connectivity index (χ1n) is 3.49. The van der Waals surface area contributed by atoms with Crippen LogP contribution in [0, 0.1) is 0 Å². The van der Waals surface area contributed by atoms with Crippen molar-refractivity contribution in [1.29, 1.82) is 0 Å². The number of hydrogen-bond acceptors (Lipinski definition) is 3. The summed E-state index contributed by atoms with van der Waals surface area (Å²) >= 11 is 0. The van der Waals surface area contributed by atoms with Crippen LogP contribution >= 0.6 is 0 Å². The quantitative estimate of drug-likeness (QED) is 0.622. The van der Waals surface area contributed by atoms with Crippen molar-refractivity contribution in [3.63, 3.8) is 0 Å². The lowest BCUT2D eigenvalue weighted by molar-refractivity contribution is -0.132. The van der Waals surface area contributed by atoms with Gasteiger partial charge < -0.3 is 4.74 Å². The number of rotatable bonds is 2. The minimum Gasteiger partial charge on any atom is -0.408 e. The number of ether oxygens (including phenoxy) is 1. The zero-order valence-electron chi connectivity index (χ0n) is 6.78. The second kappa shape index (κ2) is 3.67. The number of carbonyl (C=O) groups is 1. The second-order valence-electron chi connectivity index (χ2n) is 2.23. The van der Waals surface area contributed by atoms with E-state index in [1.54, 1.807) is 24.4 Å². The Balaban J connectivity index is 2.77. The molecule has 3 nitrogen and oxygen atoms in total. The van der Waals surface area contributed by atoms with Crippen molar-refractivity contribution in [2.75, 3.05) is 0 Å². The molecule has 12 heavy (non-hydrogen) atoms. The Kier molecular flexibility index (Phi) is 2.58. The van der Waals surface area contributed by atoms with E-state index < -0.39 is 0 Å². The highest BCUT2D eigenvalue weighted by Crippen LogP contribution is 2.07. The minimum absolute atomic E-state index is 0.313. The number of pyridine rings is 1. The maximum atomic E-state index is 10.5. The van der Waals surface area contributed by atoms with Crippen molar-refractivity contribution in [3.05, 3.63) is 30.5 Å². The largest absolute Gasteiger partial charge is 0.408 e. The summed E-state index contributed by atoms with van der Waals surface area (Å²) in [5, 5.41) is 0. The fraction of sp³-hybridized carbons (Fsp3) is 0.111. The minimum atomic E-state index is -0.367. The van der Waals surface area contributed by atoms with Crippen LogP contribution < -0.4 is 4.74 Å². The summed E-state index contributed by atoms with van der Waals surface area (Å²) in [5.41, 5.74) is 0.894. The molecule has 3 heteroatoms. The van der Waals surface area contributed by atoms with Gasteiger partial charge in [0, 0.05) is 19.2 Å². The molecule has 0 aromatic carbocycles. The van der Waals surface area contributed by atoms with Gasteiger partial charge in [-0.05, 0) is 11.6 Å². The van der Waals surface area contributed by atoms with E-state index in [0.717, 1.165) is 5.56 Å². The molecule has 0 saturated carbocycles. The Morgan fingerprint density at radius 3 is 2.83 bits per heavy atom. The molecule has 0 radical (unpaired) electrons. The van der Waals surface area contributed by atoms with Gasteiger partial charge in [0.2, 0.25) is 5.88 Å². The molecule has 0 fully saturated rings. The van der Waals surface area contributed by atoms with Gasteiger partial charge >= 0.3 is 5.97 Å². The Labute approximate surface area is 70.7 Å². The van der Waals surface area contributed by atoms with Crippen molar-refractivity contribution >= 4 is 12.0 Å². The topological polar surface area (TPSA) is 39.2 Å². The van der Waals surface area contributed by atoms with E-state index in [4.69, 9.17) is 4.74 Å². The van der Waals surface area contributed by atoms with Gasteiger partial charge in [-0.15, -0.1) is 0 Å². The summed E-state index contributed by atoms with van der Waals surface area (Å²) < 4.78 is 4.73.